The van der Waals surface area contributed by atoms with Crippen molar-refractivity contribution in [3.05, 3.63) is 29.8 Å². The molecular weight excluding hydrogens is 418 g/mol. The molecule has 0 radical (unpaired) electrons. The van der Waals surface area contributed by atoms with Crippen molar-refractivity contribution in [1.82, 2.24) is 5.32 Å². The quantitative estimate of drug-likeness (QED) is 0.167. The summed E-state index contributed by atoms with van der Waals surface area (Å²) in [6.45, 7) is 6.55. The number of benzene rings is 1. The molecule has 0 bridgehead atoms. The Kier molecular flexibility index (Phi) is 22.8. The molecule has 2 N–H and O–H groups in total. The minimum atomic E-state index is -0.473. The molecule has 1 aromatic carbocycles. The van der Waals surface area contributed by atoms with Crippen molar-refractivity contribution >= 4 is 12.4 Å². The molecule has 1 aromatic rings. The highest BCUT2D eigenvalue weighted by Gasteiger charge is 2.07. The summed E-state index contributed by atoms with van der Waals surface area (Å²) < 4.78 is 5.89. The van der Waals surface area contributed by atoms with Crippen LogP contribution in [-0.4, -0.2) is 24.8 Å². The van der Waals surface area contributed by atoms with E-state index in [1.54, 1.807) is 0 Å². The molecule has 0 heterocycles. The molecule has 3 nitrogen and oxygen atoms in total. The average molecular weight is 470 g/mol. The predicted octanol–water partition coefficient (Wildman–Crippen LogP) is 8.39. The van der Waals surface area contributed by atoms with E-state index in [1.807, 2.05) is 31.2 Å². The summed E-state index contributed by atoms with van der Waals surface area (Å²) >= 11 is 0. The second-order valence-corrected chi connectivity index (χ2v) is 9.05. The van der Waals surface area contributed by atoms with Crippen molar-refractivity contribution < 1.29 is 9.84 Å². The Morgan fingerprint density at radius 1 is 0.750 bits per heavy atom. The minimum Gasteiger partial charge on any atom is -0.494 e. The van der Waals surface area contributed by atoms with Gasteiger partial charge in [-0.2, -0.15) is 0 Å². The Balaban J connectivity index is 0.00000961. The number of hydrogen-bond acceptors (Lipinski definition) is 3. The van der Waals surface area contributed by atoms with E-state index < -0.39 is 6.10 Å². The summed E-state index contributed by atoms with van der Waals surface area (Å²) in [5.74, 6) is 0.869. The van der Waals surface area contributed by atoms with E-state index >= 15 is 0 Å². The Morgan fingerprint density at radius 3 is 1.75 bits per heavy atom. The van der Waals surface area contributed by atoms with Crippen LogP contribution in [0.2, 0.25) is 0 Å². The van der Waals surface area contributed by atoms with E-state index in [0.717, 1.165) is 30.9 Å². The molecule has 0 spiro atoms. The minimum absolute atomic E-state index is 0. The molecule has 0 aliphatic carbocycles. The molecule has 0 aliphatic rings. The van der Waals surface area contributed by atoms with Crippen molar-refractivity contribution in [3.8, 4) is 5.75 Å². The van der Waals surface area contributed by atoms with Crippen LogP contribution in [0.4, 0.5) is 0 Å². The number of unbranched alkanes of at least 4 members (excludes halogenated alkanes) is 15. The summed E-state index contributed by atoms with van der Waals surface area (Å²) in [6, 6.07) is 7.88. The van der Waals surface area contributed by atoms with Crippen LogP contribution in [0.3, 0.4) is 0 Å². The highest BCUT2D eigenvalue weighted by molar-refractivity contribution is 5.85. The Labute approximate surface area is 205 Å². The number of aliphatic hydroxyl groups is 1. The van der Waals surface area contributed by atoms with Gasteiger partial charge in [-0.1, -0.05) is 122 Å². The summed E-state index contributed by atoms with van der Waals surface area (Å²) in [7, 11) is 0. The second kappa shape index (κ2) is 23.4. The van der Waals surface area contributed by atoms with Gasteiger partial charge in [-0.3, -0.25) is 0 Å². The Morgan fingerprint density at radius 2 is 1.25 bits per heavy atom. The van der Waals surface area contributed by atoms with E-state index in [1.165, 1.54) is 96.3 Å². The Bertz CT molecular complexity index is 512. The number of halogens is 1. The van der Waals surface area contributed by atoms with Crippen molar-refractivity contribution in [3.63, 3.8) is 0 Å². The zero-order valence-corrected chi connectivity index (χ0v) is 21.9. The van der Waals surface area contributed by atoms with Crippen LogP contribution in [0.5, 0.6) is 5.75 Å². The predicted molar refractivity (Wildman–Crippen MR) is 142 cm³/mol. The zero-order valence-electron chi connectivity index (χ0n) is 21.1. The first-order chi connectivity index (χ1) is 15.3. The molecule has 1 rings (SSSR count). The molecule has 1 atom stereocenters. The van der Waals surface area contributed by atoms with Crippen LogP contribution in [0.25, 0.3) is 0 Å². The van der Waals surface area contributed by atoms with Crippen molar-refractivity contribution in [2.24, 2.45) is 0 Å². The van der Waals surface area contributed by atoms with E-state index in [0.29, 0.717) is 6.54 Å². The van der Waals surface area contributed by atoms with Gasteiger partial charge in [0.1, 0.15) is 5.75 Å². The second-order valence-electron chi connectivity index (χ2n) is 9.05. The SMILES string of the molecule is CCCCCCCCCCCCCCCCCCOc1cccc(C(O)CNCC)c1.Cl. The van der Waals surface area contributed by atoms with Crippen LogP contribution < -0.4 is 10.1 Å². The molecule has 1 unspecified atom stereocenters. The average Bonchev–Trinajstić information content (AvgIpc) is 2.79. The maximum Gasteiger partial charge on any atom is 0.119 e. The molecule has 188 valence electrons. The third kappa shape index (κ3) is 17.7. The zero-order chi connectivity index (χ0) is 22.4. The molecule has 0 aliphatic heterocycles. The van der Waals surface area contributed by atoms with E-state index in [9.17, 15) is 5.11 Å². The monoisotopic (exact) mass is 469 g/mol. The van der Waals surface area contributed by atoms with Gasteiger partial charge in [-0.15, -0.1) is 12.4 Å². The van der Waals surface area contributed by atoms with Gasteiger partial charge in [0.05, 0.1) is 12.7 Å². The summed E-state index contributed by atoms with van der Waals surface area (Å²) in [5.41, 5.74) is 0.922. The van der Waals surface area contributed by atoms with Gasteiger partial charge in [-0.05, 0) is 30.7 Å². The first kappa shape index (κ1) is 31.2. The highest BCUT2D eigenvalue weighted by atomic mass is 35.5. The fraction of sp³-hybridized carbons (Fsp3) is 0.786. The van der Waals surface area contributed by atoms with Crippen LogP contribution in [0.15, 0.2) is 24.3 Å². The standard InChI is InChI=1S/C28H51NO2.ClH/c1-3-5-6-7-8-9-10-11-12-13-14-15-16-17-18-19-23-31-27-22-20-21-26(24-27)28(30)25-29-4-2;/h20-22,24,28-30H,3-19,23,25H2,1-2H3;1H. The summed E-state index contributed by atoms with van der Waals surface area (Å²) in [4.78, 5) is 0. The number of aliphatic hydroxyl groups excluding tert-OH is 1. The van der Waals surface area contributed by atoms with Crippen LogP contribution in [-0.2, 0) is 0 Å². The van der Waals surface area contributed by atoms with Crippen molar-refractivity contribution in [2.45, 2.75) is 123 Å². The number of nitrogens with one attached hydrogen (secondary N) is 1. The fourth-order valence-electron chi connectivity index (χ4n) is 4.05. The lowest BCUT2D eigenvalue weighted by Crippen LogP contribution is -2.20. The van der Waals surface area contributed by atoms with Crippen molar-refractivity contribution in [1.29, 1.82) is 0 Å². The van der Waals surface area contributed by atoms with Gasteiger partial charge >= 0.3 is 0 Å². The maximum atomic E-state index is 10.2. The number of ether oxygens (including phenoxy) is 1. The lowest BCUT2D eigenvalue weighted by atomic mass is 10.0. The largest absolute Gasteiger partial charge is 0.494 e. The molecular formula is C28H52ClNO2. The number of hydrogen-bond donors (Lipinski definition) is 2. The first-order valence-corrected chi connectivity index (χ1v) is 13.4. The fourth-order valence-corrected chi connectivity index (χ4v) is 4.05. The van der Waals surface area contributed by atoms with Gasteiger partial charge in [0.15, 0.2) is 0 Å². The van der Waals surface area contributed by atoms with Crippen LogP contribution in [0.1, 0.15) is 128 Å². The first-order valence-electron chi connectivity index (χ1n) is 13.4. The van der Waals surface area contributed by atoms with E-state index in [-0.39, 0.29) is 12.4 Å². The molecule has 0 amide bonds. The van der Waals surface area contributed by atoms with Gasteiger partial charge in [0.2, 0.25) is 0 Å². The number of rotatable bonds is 22. The summed E-state index contributed by atoms with van der Waals surface area (Å²) in [5, 5.41) is 13.4. The Hall–Kier alpha value is -0.770. The molecule has 32 heavy (non-hydrogen) atoms. The molecule has 0 fully saturated rings. The molecule has 4 heteroatoms. The lowest BCUT2D eigenvalue weighted by molar-refractivity contribution is 0.175. The van der Waals surface area contributed by atoms with Gasteiger partial charge in [-0.25, -0.2) is 0 Å². The maximum absolute atomic E-state index is 10.2. The molecule has 0 aromatic heterocycles. The third-order valence-electron chi connectivity index (χ3n) is 6.10. The van der Waals surface area contributed by atoms with E-state index in [2.05, 4.69) is 12.2 Å². The van der Waals surface area contributed by atoms with Gasteiger partial charge < -0.3 is 15.2 Å². The normalized spacial score (nSPS) is 11.8. The molecule has 0 saturated carbocycles. The number of likely N-dealkylation sites (N-methyl/N-ethyl adjacent to an activating group) is 1. The van der Waals surface area contributed by atoms with Gasteiger partial charge in [0.25, 0.3) is 0 Å². The lowest BCUT2D eigenvalue weighted by Gasteiger charge is -2.13. The van der Waals surface area contributed by atoms with Crippen LogP contribution in [0, 0.1) is 0 Å². The highest BCUT2D eigenvalue weighted by Crippen LogP contribution is 2.19. The summed E-state index contributed by atoms with van der Waals surface area (Å²) in [6.07, 6.45) is 21.7. The smallest absolute Gasteiger partial charge is 0.119 e. The van der Waals surface area contributed by atoms with Crippen molar-refractivity contribution in [2.75, 3.05) is 19.7 Å². The van der Waals surface area contributed by atoms with E-state index in [4.69, 9.17) is 4.74 Å². The van der Waals surface area contributed by atoms with Gasteiger partial charge in [0, 0.05) is 6.54 Å². The third-order valence-corrected chi connectivity index (χ3v) is 6.10. The molecule has 0 saturated heterocycles. The van der Waals surface area contributed by atoms with Crippen LogP contribution >= 0.6 is 12.4 Å². The topological polar surface area (TPSA) is 41.5 Å².